The van der Waals surface area contributed by atoms with Crippen LogP contribution in [0.2, 0.25) is 0 Å². The molecule has 2 nitrogen and oxygen atoms in total. The maximum Gasteiger partial charge on any atom is 0.0273 e. The van der Waals surface area contributed by atoms with Crippen LogP contribution in [-0.2, 0) is 0 Å². The standard InChI is InChI=1S/C14H23N.C9H12.C2H6.H3N/c1-15-11-12-6-5-9-14(10-12)13-7-3-2-4-8-13;1-2-6-9-7-4-3-5-8-9;1-2;/h2-3,11-14H,4-10H2,1H3;2,4,7-8H,1,3,5-6H2;1-2H3;1H3. The molecular formula is C25H44N2. The van der Waals surface area contributed by atoms with Gasteiger partial charge in [0.25, 0.3) is 0 Å². The van der Waals surface area contributed by atoms with Gasteiger partial charge in [-0.15, -0.1) is 6.58 Å². The zero-order valence-electron chi connectivity index (χ0n) is 18.2. The highest BCUT2D eigenvalue weighted by Crippen LogP contribution is 2.38. The monoisotopic (exact) mass is 372 g/mol. The first-order chi connectivity index (χ1) is 12.8. The SMILES string of the molecule is C=CCC1=CCCC=C1.CC.CN=CC1CCCC(C2CC=CCC2)C1.N. The molecule has 3 N–H and O–H groups in total. The average Bonchev–Trinajstić information content (AvgIpc) is 2.72. The van der Waals surface area contributed by atoms with Crippen molar-refractivity contribution in [2.24, 2.45) is 22.7 Å². The van der Waals surface area contributed by atoms with E-state index in [4.69, 9.17) is 0 Å². The summed E-state index contributed by atoms with van der Waals surface area (Å²) >= 11 is 0. The summed E-state index contributed by atoms with van der Waals surface area (Å²) in [5, 5.41) is 0. The summed E-state index contributed by atoms with van der Waals surface area (Å²) in [5.74, 6) is 2.73. The van der Waals surface area contributed by atoms with Gasteiger partial charge < -0.3 is 11.1 Å². The Kier molecular flexibility index (Phi) is 15.9. The van der Waals surface area contributed by atoms with Gasteiger partial charge in [-0.3, -0.25) is 0 Å². The normalized spacial score (nSPS) is 26.6. The molecule has 0 amide bonds. The molecule has 1 saturated carbocycles. The average molecular weight is 373 g/mol. The zero-order chi connectivity index (χ0) is 19.0. The van der Waals surface area contributed by atoms with E-state index in [9.17, 15) is 0 Å². The molecule has 0 saturated heterocycles. The maximum atomic E-state index is 4.20. The molecule has 3 aliphatic rings. The Morgan fingerprint density at radius 2 is 1.85 bits per heavy atom. The molecule has 0 aromatic carbocycles. The van der Waals surface area contributed by atoms with Crippen molar-refractivity contribution in [3.8, 4) is 0 Å². The van der Waals surface area contributed by atoms with E-state index in [1.165, 1.54) is 63.4 Å². The molecule has 0 spiro atoms. The van der Waals surface area contributed by atoms with Crippen LogP contribution in [0.1, 0.15) is 78.1 Å². The second-order valence-corrected chi connectivity index (χ2v) is 7.39. The van der Waals surface area contributed by atoms with Crippen LogP contribution in [0.15, 0.2) is 53.6 Å². The topological polar surface area (TPSA) is 47.4 Å². The van der Waals surface area contributed by atoms with Crippen molar-refractivity contribution in [1.29, 1.82) is 0 Å². The summed E-state index contributed by atoms with van der Waals surface area (Å²) in [6, 6.07) is 0. The van der Waals surface area contributed by atoms with Gasteiger partial charge in [-0.05, 0) is 74.7 Å². The molecule has 0 heterocycles. The van der Waals surface area contributed by atoms with Gasteiger partial charge in [0.15, 0.2) is 0 Å². The van der Waals surface area contributed by atoms with E-state index in [1.807, 2.05) is 27.0 Å². The van der Waals surface area contributed by atoms with Gasteiger partial charge >= 0.3 is 0 Å². The molecule has 0 radical (unpaired) electrons. The van der Waals surface area contributed by atoms with Crippen molar-refractivity contribution in [3.05, 3.63) is 48.6 Å². The number of nitrogens with zero attached hydrogens (tertiary/aromatic N) is 1. The molecule has 0 aliphatic heterocycles. The summed E-state index contributed by atoms with van der Waals surface area (Å²) in [5.41, 5.74) is 1.41. The number of rotatable bonds is 4. The van der Waals surface area contributed by atoms with E-state index in [0.717, 1.165) is 24.2 Å². The second-order valence-electron chi connectivity index (χ2n) is 7.39. The van der Waals surface area contributed by atoms with Crippen LogP contribution in [0.4, 0.5) is 0 Å². The van der Waals surface area contributed by atoms with Gasteiger partial charge in [-0.25, -0.2) is 0 Å². The summed E-state index contributed by atoms with van der Waals surface area (Å²) in [7, 11) is 1.91. The minimum absolute atomic E-state index is 0. The van der Waals surface area contributed by atoms with Crippen molar-refractivity contribution < 1.29 is 0 Å². The molecule has 3 atom stereocenters. The van der Waals surface area contributed by atoms with Crippen LogP contribution in [0.25, 0.3) is 0 Å². The number of allylic oxidation sites excluding steroid dienone is 7. The van der Waals surface area contributed by atoms with Crippen molar-refractivity contribution in [3.63, 3.8) is 0 Å². The Morgan fingerprint density at radius 3 is 2.44 bits per heavy atom. The van der Waals surface area contributed by atoms with Gasteiger partial charge in [0.2, 0.25) is 0 Å². The number of hydrogen-bond acceptors (Lipinski definition) is 2. The minimum atomic E-state index is 0. The predicted molar refractivity (Wildman–Crippen MR) is 124 cm³/mol. The summed E-state index contributed by atoms with van der Waals surface area (Å²) < 4.78 is 0. The lowest BCUT2D eigenvalue weighted by molar-refractivity contribution is 0.214. The molecule has 0 bridgehead atoms. The molecule has 3 aliphatic carbocycles. The molecule has 2 heteroatoms. The number of hydrogen-bond donors (Lipinski definition) is 1. The molecule has 3 rings (SSSR count). The van der Waals surface area contributed by atoms with Gasteiger partial charge in [0.05, 0.1) is 0 Å². The van der Waals surface area contributed by atoms with Crippen LogP contribution >= 0.6 is 0 Å². The third kappa shape index (κ3) is 10.5. The van der Waals surface area contributed by atoms with Gasteiger partial charge in [0, 0.05) is 13.3 Å². The Hall–Kier alpha value is -1.41. The minimum Gasteiger partial charge on any atom is -0.344 e. The molecule has 154 valence electrons. The Morgan fingerprint density at radius 1 is 1.04 bits per heavy atom. The van der Waals surface area contributed by atoms with Crippen LogP contribution in [-0.4, -0.2) is 13.3 Å². The molecular weight excluding hydrogens is 328 g/mol. The molecule has 1 fully saturated rings. The largest absolute Gasteiger partial charge is 0.344 e. The lowest BCUT2D eigenvalue weighted by atomic mass is 9.72. The Labute approximate surface area is 169 Å². The van der Waals surface area contributed by atoms with Crippen molar-refractivity contribution >= 4 is 6.21 Å². The van der Waals surface area contributed by atoms with Crippen molar-refractivity contribution in [2.75, 3.05) is 7.05 Å². The fraction of sp³-hybridized carbons (Fsp3) is 0.640. The first-order valence-corrected chi connectivity index (χ1v) is 10.9. The Bertz CT molecular complexity index is 485. The third-order valence-electron chi connectivity index (χ3n) is 5.54. The van der Waals surface area contributed by atoms with Gasteiger partial charge in [0.1, 0.15) is 0 Å². The maximum absolute atomic E-state index is 4.20. The van der Waals surface area contributed by atoms with E-state index in [0.29, 0.717) is 0 Å². The van der Waals surface area contributed by atoms with E-state index in [2.05, 4.69) is 48.2 Å². The van der Waals surface area contributed by atoms with E-state index < -0.39 is 0 Å². The molecule has 3 unspecified atom stereocenters. The second kappa shape index (κ2) is 16.7. The van der Waals surface area contributed by atoms with Crippen LogP contribution < -0.4 is 6.15 Å². The van der Waals surface area contributed by atoms with E-state index in [-0.39, 0.29) is 6.15 Å². The fourth-order valence-corrected chi connectivity index (χ4v) is 4.27. The fourth-order valence-electron chi connectivity index (χ4n) is 4.27. The Balaban J connectivity index is 0.000000487. The van der Waals surface area contributed by atoms with Gasteiger partial charge in [-0.2, -0.15) is 0 Å². The summed E-state index contributed by atoms with van der Waals surface area (Å²) in [6.45, 7) is 7.68. The third-order valence-corrected chi connectivity index (χ3v) is 5.54. The zero-order valence-corrected chi connectivity index (χ0v) is 18.2. The smallest absolute Gasteiger partial charge is 0.0273 e. The highest BCUT2D eigenvalue weighted by molar-refractivity contribution is 5.60. The van der Waals surface area contributed by atoms with Crippen molar-refractivity contribution in [1.82, 2.24) is 6.15 Å². The first kappa shape index (κ1) is 25.6. The van der Waals surface area contributed by atoms with Crippen molar-refractivity contribution in [2.45, 2.75) is 78.1 Å². The highest BCUT2D eigenvalue weighted by Gasteiger charge is 2.27. The van der Waals surface area contributed by atoms with Gasteiger partial charge in [-0.1, -0.05) is 63.1 Å². The molecule has 0 aromatic rings. The summed E-state index contributed by atoms with van der Waals surface area (Å²) in [4.78, 5) is 4.20. The summed E-state index contributed by atoms with van der Waals surface area (Å²) in [6.07, 6.45) is 28.7. The van der Waals surface area contributed by atoms with Crippen LogP contribution in [0.5, 0.6) is 0 Å². The van der Waals surface area contributed by atoms with Crippen LogP contribution in [0, 0.1) is 17.8 Å². The molecule has 0 aromatic heterocycles. The quantitative estimate of drug-likeness (QED) is 0.396. The van der Waals surface area contributed by atoms with E-state index in [1.54, 1.807) is 0 Å². The number of aliphatic imine (C=N–C) groups is 1. The first-order valence-electron chi connectivity index (χ1n) is 10.9. The van der Waals surface area contributed by atoms with E-state index >= 15 is 0 Å². The molecule has 27 heavy (non-hydrogen) atoms. The lowest BCUT2D eigenvalue weighted by Crippen LogP contribution is -2.24. The predicted octanol–water partition coefficient (Wildman–Crippen LogP) is 7.88. The lowest BCUT2D eigenvalue weighted by Gasteiger charge is -2.34. The van der Waals surface area contributed by atoms with Crippen LogP contribution in [0.3, 0.4) is 0 Å². The highest BCUT2D eigenvalue weighted by atomic mass is 14.6.